The molecule has 0 saturated carbocycles. The first-order valence-electron chi connectivity index (χ1n) is 10.8. The van der Waals surface area contributed by atoms with Crippen molar-refractivity contribution in [1.82, 2.24) is 0 Å². The number of fused-ring (bicyclic) bond motifs is 1. The van der Waals surface area contributed by atoms with Gasteiger partial charge in [0.2, 0.25) is 0 Å². The lowest BCUT2D eigenvalue weighted by Crippen LogP contribution is -2.24. The van der Waals surface area contributed by atoms with Crippen LogP contribution in [0.1, 0.15) is 22.8 Å². The molecule has 0 radical (unpaired) electrons. The summed E-state index contributed by atoms with van der Waals surface area (Å²) < 4.78 is 16.7. The molecular formula is C26H29NO4S. The van der Waals surface area contributed by atoms with Crippen LogP contribution in [0.2, 0.25) is 0 Å². The topological polar surface area (TPSA) is 51.2 Å². The molecule has 1 N–H and O–H groups in total. The third kappa shape index (κ3) is 5.14. The fraction of sp³-hybridized carbons (Fsp3) is 0.308. The Balaban J connectivity index is 1.61. The van der Waals surface area contributed by atoms with Gasteiger partial charge in [-0.1, -0.05) is 30.3 Å². The summed E-state index contributed by atoms with van der Waals surface area (Å²) in [6.45, 7) is 2.06. The molecule has 4 rings (SSSR count). The van der Waals surface area contributed by atoms with Gasteiger partial charge >= 0.3 is 0 Å². The molecule has 1 aliphatic heterocycles. The predicted octanol–water partition coefficient (Wildman–Crippen LogP) is 5.32. The Labute approximate surface area is 193 Å². The average Bonchev–Trinajstić information content (AvgIpc) is 3.02. The summed E-state index contributed by atoms with van der Waals surface area (Å²) in [5.74, 6) is 2.57. The standard InChI is InChI=1S/C26H29NO4S/c1-29-21-11-12-23-26(17-21)32-25(22-5-3-4-6-24(22)30-2)13-14-27(23)18-19-7-9-20(10-8-19)31-16-15-28/h3-12,17,25,28H,13-16,18H2,1-2H3/t25-/m0/s1. The highest BCUT2D eigenvalue weighted by molar-refractivity contribution is 7.99. The first-order valence-corrected chi connectivity index (χ1v) is 11.6. The number of para-hydroxylation sites is 1. The van der Waals surface area contributed by atoms with Gasteiger partial charge in [0.1, 0.15) is 23.9 Å². The molecule has 32 heavy (non-hydrogen) atoms. The van der Waals surface area contributed by atoms with Crippen LogP contribution in [0.15, 0.2) is 71.6 Å². The van der Waals surface area contributed by atoms with Crippen molar-refractivity contribution in [3.05, 3.63) is 77.9 Å². The molecule has 168 valence electrons. The minimum atomic E-state index is 0.0147. The van der Waals surface area contributed by atoms with Gasteiger partial charge in [0, 0.05) is 28.8 Å². The van der Waals surface area contributed by atoms with E-state index in [0.717, 1.165) is 36.8 Å². The van der Waals surface area contributed by atoms with Crippen molar-refractivity contribution in [3.8, 4) is 17.2 Å². The Morgan fingerprint density at radius 1 is 0.969 bits per heavy atom. The predicted molar refractivity (Wildman–Crippen MR) is 129 cm³/mol. The van der Waals surface area contributed by atoms with Crippen molar-refractivity contribution in [2.24, 2.45) is 0 Å². The van der Waals surface area contributed by atoms with Gasteiger partial charge in [0.15, 0.2) is 0 Å². The van der Waals surface area contributed by atoms with Crippen LogP contribution in [-0.2, 0) is 6.54 Å². The number of nitrogens with zero attached hydrogens (tertiary/aromatic N) is 1. The van der Waals surface area contributed by atoms with E-state index in [1.165, 1.54) is 21.7 Å². The van der Waals surface area contributed by atoms with Gasteiger partial charge in [0.05, 0.1) is 26.5 Å². The van der Waals surface area contributed by atoms with Crippen molar-refractivity contribution in [2.45, 2.75) is 23.1 Å². The Hall–Kier alpha value is -2.83. The monoisotopic (exact) mass is 451 g/mol. The molecule has 3 aromatic rings. The van der Waals surface area contributed by atoms with Crippen LogP contribution in [0.4, 0.5) is 5.69 Å². The van der Waals surface area contributed by atoms with E-state index < -0.39 is 0 Å². The van der Waals surface area contributed by atoms with E-state index in [1.807, 2.05) is 42.1 Å². The first kappa shape index (κ1) is 22.4. The number of methoxy groups -OCH3 is 2. The van der Waals surface area contributed by atoms with Crippen molar-refractivity contribution in [2.75, 3.05) is 38.9 Å². The summed E-state index contributed by atoms with van der Waals surface area (Å²) in [6.07, 6.45) is 1.000. The van der Waals surface area contributed by atoms with Gasteiger partial charge in [0.25, 0.3) is 0 Å². The molecule has 0 saturated heterocycles. The molecule has 0 spiro atoms. The highest BCUT2D eigenvalue weighted by Crippen LogP contribution is 2.48. The fourth-order valence-corrected chi connectivity index (χ4v) is 5.33. The van der Waals surface area contributed by atoms with E-state index in [1.54, 1.807) is 14.2 Å². The molecule has 0 amide bonds. The van der Waals surface area contributed by atoms with Crippen LogP contribution in [-0.4, -0.2) is 39.1 Å². The number of aliphatic hydroxyl groups is 1. The van der Waals surface area contributed by atoms with Crippen LogP contribution in [0, 0.1) is 0 Å². The van der Waals surface area contributed by atoms with Gasteiger partial charge in [-0.3, -0.25) is 0 Å². The number of hydrogen-bond acceptors (Lipinski definition) is 6. The number of ether oxygens (including phenoxy) is 3. The molecule has 0 aliphatic carbocycles. The number of aliphatic hydroxyl groups excluding tert-OH is 1. The largest absolute Gasteiger partial charge is 0.497 e. The molecule has 3 aromatic carbocycles. The minimum Gasteiger partial charge on any atom is -0.497 e. The average molecular weight is 452 g/mol. The van der Waals surface area contributed by atoms with Crippen molar-refractivity contribution in [3.63, 3.8) is 0 Å². The summed E-state index contributed by atoms with van der Waals surface area (Å²) in [4.78, 5) is 3.64. The Bertz CT molecular complexity index is 1020. The van der Waals surface area contributed by atoms with Gasteiger partial charge in [-0.2, -0.15) is 0 Å². The van der Waals surface area contributed by atoms with Crippen molar-refractivity contribution in [1.29, 1.82) is 0 Å². The minimum absolute atomic E-state index is 0.0147. The summed E-state index contributed by atoms with van der Waals surface area (Å²) >= 11 is 1.87. The fourth-order valence-electron chi connectivity index (χ4n) is 3.97. The number of anilines is 1. The van der Waals surface area contributed by atoms with Crippen molar-refractivity contribution >= 4 is 17.4 Å². The van der Waals surface area contributed by atoms with Crippen LogP contribution in [0.5, 0.6) is 17.2 Å². The van der Waals surface area contributed by atoms with E-state index in [4.69, 9.17) is 19.3 Å². The number of rotatable bonds is 8. The third-order valence-electron chi connectivity index (χ3n) is 5.58. The Kier molecular flexibility index (Phi) is 7.45. The zero-order valence-electron chi connectivity index (χ0n) is 18.5. The highest BCUT2D eigenvalue weighted by Gasteiger charge is 2.26. The second kappa shape index (κ2) is 10.7. The van der Waals surface area contributed by atoms with E-state index in [-0.39, 0.29) is 11.9 Å². The third-order valence-corrected chi connectivity index (χ3v) is 6.94. The lowest BCUT2D eigenvalue weighted by atomic mass is 10.1. The molecule has 0 bridgehead atoms. The SMILES string of the molecule is COc1ccc2c(c1)S[C@H](c1ccccc1OC)CCN2Cc1ccc(OCCO)cc1. The normalized spacial score (nSPS) is 15.6. The van der Waals surface area contributed by atoms with Crippen LogP contribution >= 0.6 is 11.8 Å². The number of benzene rings is 3. The first-order chi connectivity index (χ1) is 15.7. The number of hydrogen-bond donors (Lipinski definition) is 1. The van der Waals surface area contributed by atoms with E-state index >= 15 is 0 Å². The number of thioether (sulfide) groups is 1. The maximum Gasteiger partial charge on any atom is 0.123 e. The molecule has 5 nitrogen and oxygen atoms in total. The molecule has 0 aromatic heterocycles. The molecule has 6 heteroatoms. The van der Waals surface area contributed by atoms with Crippen LogP contribution in [0.25, 0.3) is 0 Å². The van der Waals surface area contributed by atoms with Gasteiger partial charge < -0.3 is 24.2 Å². The second-order valence-corrected chi connectivity index (χ2v) is 8.85. The molecular weight excluding hydrogens is 422 g/mol. The maximum atomic E-state index is 8.94. The molecule has 0 unspecified atom stereocenters. The summed E-state index contributed by atoms with van der Waals surface area (Å²) in [7, 11) is 3.44. The smallest absolute Gasteiger partial charge is 0.123 e. The van der Waals surface area contributed by atoms with E-state index in [9.17, 15) is 0 Å². The quantitative estimate of drug-likeness (QED) is 0.500. The lowest BCUT2D eigenvalue weighted by Gasteiger charge is -2.25. The second-order valence-electron chi connectivity index (χ2n) is 7.61. The van der Waals surface area contributed by atoms with Crippen molar-refractivity contribution < 1.29 is 19.3 Å². The zero-order valence-corrected chi connectivity index (χ0v) is 19.3. The van der Waals surface area contributed by atoms with Crippen LogP contribution < -0.4 is 19.1 Å². The summed E-state index contributed by atoms with van der Waals surface area (Å²) in [5, 5.41) is 9.23. The summed E-state index contributed by atoms with van der Waals surface area (Å²) in [6, 6.07) is 22.7. The van der Waals surface area contributed by atoms with Gasteiger partial charge in [-0.15, -0.1) is 11.8 Å². The molecule has 1 atom stereocenters. The maximum absolute atomic E-state index is 8.94. The highest BCUT2D eigenvalue weighted by atomic mass is 32.2. The van der Waals surface area contributed by atoms with E-state index in [0.29, 0.717) is 6.61 Å². The van der Waals surface area contributed by atoms with Crippen LogP contribution in [0.3, 0.4) is 0 Å². The van der Waals surface area contributed by atoms with Gasteiger partial charge in [-0.25, -0.2) is 0 Å². The Morgan fingerprint density at radius 2 is 1.75 bits per heavy atom. The molecule has 1 heterocycles. The van der Waals surface area contributed by atoms with E-state index in [2.05, 4.69) is 41.3 Å². The molecule has 1 aliphatic rings. The molecule has 0 fully saturated rings. The summed E-state index contributed by atoms with van der Waals surface area (Å²) in [5.41, 5.74) is 3.65. The Morgan fingerprint density at radius 3 is 2.50 bits per heavy atom. The lowest BCUT2D eigenvalue weighted by molar-refractivity contribution is 0.201. The van der Waals surface area contributed by atoms with Gasteiger partial charge in [-0.05, 0) is 48.4 Å². The zero-order chi connectivity index (χ0) is 22.3.